The molecule has 1 aliphatic carbocycles. The first-order valence-electron chi connectivity index (χ1n) is 8.52. The van der Waals surface area contributed by atoms with E-state index in [0.717, 1.165) is 11.1 Å². The van der Waals surface area contributed by atoms with Gasteiger partial charge in [-0.3, -0.25) is 9.59 Å². The van der Waals surface area contributed by atoms with Crippen LogP contribution >= 0.6 is 0 Å². The van der Waals surface area contributed by atoms with Crippen molar-refractivity contribution in [3.05, 3.63) is 59.7 Å². The van der Waals surface area contributed by atoms with Gasteiger partial charge in [0.05, 0.1) is 0 Å². The maximum atomic E-state index is 13.1. The van der Waals surface area contributed by atoms with E-state index in [9.17, 15) is 22.8 Å². The minimum Gasteiger partial charge on any atom is -0.481 e. The molecule has 142 valence electrons. The first kappa shape index (κ1) is 18.9. The second kappa shape index (κ2) is 7.06. The number of carboxylic acid groups (broad SMARTS) is 1. The molecule has 2 aromatic rings. The largest absolute Gasteiger partial charge is 0.481 e. The Morgan fingerprint density at radius 2 is 1.48 bits per heavy atom. The second-order valence-electron chi connectivity index (χ2n) is 6.54. The molecule has 2 N–H and O–H groups in total. The quantitative estimate of drug-likeness (QED) is 0.803. The van der Waals surface area contributed by atoms with E-state index in [1.54, 1.807) is 36.4 Å². The number of carbonyl (C=O) groups excluding carboxylic acids is 1. The van der Waals surface area contributed by atoms with Crippen LogP contribution in [0, 0.1) is 0 Å². The van der Waals surface area contributed by atoms with E-state index in [4.69, 9.17) is 5.11 Å². The number of aliphatic carboxylic acids is 1. The van der Waals surface area contributed by atoms with Crippen LogP contribution in [-0.4, -0.2) is 29.7 Å². The van der Waals surface area contributed by atoms with Crippen molar-refractivity contribution in [2.45, 2.75) is 30.9 Å². The molecule has 0 saturated heterocycles. The van der Waals surface area contributed by atoms with Crippen molar-refractivity contribution < 1.29 is 27.9 Å². The van der Waals surface area contributed by atoms with Gasteiger partial charge in [-0.2, -0.15) is 13.2 Å². The molecule has 3 rings (SSSR count). The van der Waals surface area contributed by atoms with E-state index in [-0.39, 0.29) is 19.3 Å². The Labute approximate surface area is 154 Å². The van der Waals surface area contributed by atoms with Crippen LogP contribution in [0.2, 0.25) is 0 Å². The Balaban J connectivity index is 2.09. The lowest BCUT2D eigenvalue weighted by atomic mass is 9.73. The lowest BCUT2D eigenvalue weighted by Gasteiger charge is -2.31. The molecular weight excluding hydrogens is 359 g/mol. The average Bonchev–Trinajstić information content (AvgIpc) is 2.91. The van der Waals surface area contributed by atoms with Gasteiger partial charge in [0.1, 0.15) is 12.0 Å². The number of rotatable bonds is 6. The molecule has 0 atom stereocenters. The van der Waals surface area contributed by atoms with Gasteiger partial charge in [-0.05, 0) is 35.1 Å². The zero-order chi connectivity index (χ0) is 19.7. The predicted octanol–water partition coefficient (Wildman–Crippen LogP) is 3.89. The third-order valence-corrected chi connectivity index (χ3v) is 4.84. The minimum atomic E-state index is -4.53. The van der Waals surface area contributed by atoms with Crippen LogP contribution in [0.25, 0.3) is 11.1 Å². The van der Waals surface area contributed by atoms with Crippen LogP contribution in [0.4, 0.5) is 13.2 Å². The standard InChI is InChI=1S/C20H18F3NO3/c21-20(22,23)12-24-18(27)19(11-5-10-17(25)26)15-8-3-1-6-13(15)14-7-2-4-9-16(14)19/h1-4,6-9H,5,10-12H2,(H,24,27)(H,25,26). The summed E-state index contributed by atoms with van der Waals surface area (Å²) in [6, 6.07) is 14.2. The molecule has 2 aromatic carbocycles. The highest BCUT2D eigenvalue weighted by Gasteiger charge is 2.49. The van der Waals surface area contributed by atoms with Crippen molar-refractivity contribution in [2.24, 2.45) is 0 Å². The van der Waals surface area contributed by atoms with Crippen molar-refractivity contribution >= 4 is 11.9 Å². The SMILES string of the molecule is O=C(O)CCCC1(C(=O)NCC(F)(F)F)c2ccccc2-c2ccccc21. The molecule has 0 fully saturated rings. The highest BCUT2D eigenvalue weighted by atomic mass is 19.4. The summed E-state index contributed by atoms with van der Waals surface area (Å²) in [5.41, 5.74) is 1.44. The maximum Gasteiger partial charge on any atom is 0.405 e. The van der Waals surface area contributed by atoms with E-state index in [2.05, 4.69) is 0 Å². The number of fused-ring (bicyclic) bond motifs is 3. The van der Waals surface area contributed by atoms with E-state index in [1.807, 2.05) is 17.4 Å². The van der Waals surface area contributed by atoms with Crippen LogP contribution in [-0.2, 0) is 15.0 Å². The van der Waals surface area contributed by atoms with Gasteiger partial charge in [-0.15, -0.1) is 0 Å². The molecule has 4 nitrogen and oxygen atoms in total. The summed E-state index contributed by atoms with van der Waals surface area (Å²) in [4.78, 5) is 24.0. The van der Waals surface area contributed by atoms with Gasteiger partial charge in [0.2, 0.25) is 5.91 Å². The molecule has 1 amide bonds. The molecule has 0 spiro atoms. The molecule has 1 aliphatic rings. The van der Waals surface area contributed by atoms with Gasteiger partial charge in [0.15, 0.2) is 0 Å². The van der Waals surface area contributed by atoms with Crippen molar-refractivity contribution in [3.63, 3.8) is 0 Å². The Bertz CT molecular complexity index is 831. The van der Waals surface area contributed by atoms with Crippen molar-refractivity contribution in [1.29, 1.82) is 0 Å². The number of amides is 1. The number of alkyl halides is 3. The zero-order valence-electron chi connectivity index (χ0n) is 14.3. The summed E-state index contributed by atoms with van der Waals surface area (Å²) in [6.07, 6.45) is -4.43. The summed E-state index contributed by atoms with van der Waals surface area (Å²) in [7, 11) is 0. The maximum absolute atomic E-state index is 13.1. The van der Waals surface area contributed by atoms with Crippen LogP contribution in [0.1, 0.15) is 30.4 Å². The topological polar surface area (TPSA) is 66.4 Å². The smallest absolute Gasteiger partial charge is 0.405 e. The molecule has 27 heavy (non-hydrogen) atoms. The van der Waals surface area contributed by atoms with Crippen molar-refractivity contribution in [3.8, 4) is 11.1 Å². The Kier molecular flexibility index (Phi) is 4.95. The summed E-state index contributed by atoms with van der Waals surface area (Å²) in [5.74, 6) is -1.77. The van der Waals surface area contributed by atoms with Gasteiger partial charge in [0.25, 0.3) is 0 Å². The predicted molar refractivity (Wildman–Crippen MR) is 93.2 cm³/mol. The fraction of sp³-hybridized carbons (Fsp3) is 0.300. The van der Waals surface area contributed by atoms with Crippen LogP contribution < -0.4 is 5.32 Å². The molecular formula is C20H18F3NO3. The molecule has 0 heterocycles. The second-order valence-corrected chi connectivity index (χ2v) is 6.54. The summed E-state index contributed by atoms with van der Waals surface area (Å²) < 4.78 is 38.1. The zero-order valence-corrected chi connectivity index (χ0v) is 14.3. The minimum absolute atomic E-state index is 0.108. The fourth-order valence-corrected chi connectivity index (χ4v) is 3.79. The molecule has 0 aromatic heterocycles. The van der Waals surface area contributed by atoms with E-state index in [1.165, 1.54) is 0 Å². The molecule has 0 radical (unpaired) electrons. The van der Waals surface area contributed by atoms with Gasteiger partial charge in [0, 0.05) is 6.42 Å². The fourth-order valence-electron chi connectivity index (χ4n) is 3.79. The number of nitrogens with one attached hydrogen (secondary N) is 1. The number of halogens is 3. The number of carbonyl (C=O) groups is 2. The molecule has 7 heteroatoms. The van der Waals surface area contributed by atoms with Gasteiger partial charge < -0.3 is 10.4 Å². The number of benzene rings is 2. The monoisotopic (exact) mass is 377 g/mol. The normalized spacial score (nSPS) is 14.3. The Hall–Kier alpha value is -2.83. The molecule has 0 bridgehead atoms. The third-order valence-electron chi connectivity index (χ3n) is 4.84. The molecule has 0 saturated carbocycles. The van der Waals surface area contributed by atoms with Gasteiger partial charge in [-0.25, -0.2) is 0 Å². The molecule has 0 aliphatic heterocycles. The van der Waals surface area contributed by atoms with Gasteiger partial charge in [-0.1, -0.05) is 48.5 Å². The van der Waals surface area contributed by atoms with E-state index < -0.39 is 30.0 Å². The van der Waals surface area contributed by atoms with Crippen molar-refractivity contribution in [2.75, 3.05) is 6.54 Å². The Morgan fingerprint density at radius 1 is 0.963 bits per heavy atom. The number of hydrogen-bond acceptors (Lipinski definition) is 2. The third kappa shape index (κ3) is 3.54. The summed E-state index contributed by atoms with van der Waals surface area (Å²) >= 11 is 0. The summed E-state index contributed by atoms with van der Waals surface area (Å²) in [6.45, 7) is -1.43. The molecule has 0 unspecified atom stereocenters. The summed E-state index contributed by atoms with van der Waals surface area (Å²) in [5, 5.41) is 11.0. The Morgan fingerprint density at radius 3 is 1.96 bits per heavy atom. The lowest BCUT2D eigenvalue weighted by Crippen LogP contribution is -2.47. The highest BCUT2D eigenvalue weighted by Crippen LogP contribution is 2.51. The van der Waals surface area contributed by atoms with Crippen LogP contribution in [0.15, 0.2) is 48.5 Å². The first-order valence-corrected chi connectivity index (χ1v) is 8.52. The van der Waals surface area contributed by atoms with Crippen LogP contribution in [0.3, 0.4) is 0 Å². The number of hydrogen-bond donors (Lipinski definition) is 2. The van der Waals surface area contributed by atoms with E-state index >= 15 is 0 Å². The average molecular weight is 377 g/mol. The first-order chi connectivity index (χ1) is 12.8. The lowest BCUT2D eigenvalue weighted by molar-refractivity contribution is -0.141. The number of carboxylic acids is 1. The highest BCUT2D eigenvalue weighted by molar-refractivity contribution is 6.00. The van der Waals surface area contributed by atoms with E-state index in [0.29, 0.717) is 11.1 Å². The van der Waals surface area contributed by atoms with Crippen LogP contribution in [0.5, 0.6) is 0 Å². The van der Waals surface area contributed by atoms with Gasteiger partial charge >= 0.3 is 12.1 Å². The van der Waals surface area contributed by atoms with Crippen molar-refractivity contribution in [1.82, 2.24) is 5.32 Å².